The molecule has 1 amide bonds. The van der Waals surface area contributed by atoms with Crippen molar-refractivity contribution in [3.8, 4) is 0 Å². The Morgan fingerprint density at radius 1 is 1.24 bits per heavy atom. The first-order chi connectivity index (χ1) is 12.2. The Bertz CT molecular complexity index is 865. The average molecular weight is 334 g/mol. The number of likely N-dealkylation sites (tertiary alicyclic amines) is 1. The van der Waals surface area contributed by atoms with Crippen molar-refractivity contribution in [3.05, 3.63) is 78.1 Å². The molecule has 5 nitrogen and oxygen atoms in total. The molecule has 1 aromatic carbocycles. The molecule has 3 aromatic rings. The van der Waals surface area contributed by atoms with Gasteiger partial charge in [0.2, 0.25) is 0 Å². The molecule has 0 bridgehead atoms. The van der Waals surface area contributed by atoms with Crippen LogP contribution in [0.4, 0.5) is 0 Å². The van der Waals surface area contributed by atoms with Gasteiger partial charge in [-0.2, -0.15) is 0 Å². The molecule has 4 rings (SSSR count). The summed E-state index contributed by atoms with van der Waals surface area (Å²) < 4.78 is 4.12. The predicted molar refractivity (Wildman–Crippen MR) is 96.2 cm³/mol. The van der Waals surface area contributed by atoms with E-state index in [2.05, 4.69) is 21.7 Å². The minimum Gasteiger partial charge on any atom is -0.353 e. The number of amides is 1. The Morgan fingerprint density at radius 2 is 2.16 bits per heavy atom. The molecule has 0 radical (unpaired) electrons. The van der Waals surface area contributed by atoms with Crippen molar-refractivity contribution in [1.82, 2.24) is 19.0 Å². The summed E-state index contributed by atoms with van der Waals surface area (Å²) in [4.78, 5) is 19.2. The Balaban J connectivity index is 1.57. The first-order valence-electron chi connectivity index (χ1n) is 8.69. The van der Waals surface area contributed by atoms with Gasteiger partial charge < -0.3 is 14.0 Å². The fourth-order valence-electron chi connectivity index (χ4n) is 3.70. The molecule has 1 fully saturated rings. The maximum absolute atomic E-state index is 13.1. The van der Waals surface area contributed by atoms with Crippen LogP contribution in [0.15, 0.2) is 61.3 Å². The molecule has 0 aliphatic carbocycles. The summed E-state index contributed by atoms with van der Waals surface area (Å²) in [5, 5.41) is 0. The van der Waals surface area contributed by atoms with Crippen molar-refractivity contribution in [1.29, 1.82) is 0 Å². The molecule has 1 aliphatic heterocycles. The Labute approximate surface area is 147 Å². The largest absolute Gasteiger partial charge is 0.353 e. The highest BCUT2D eigenvalue weighted by molar-refractivity contribution is 5.94. The fourth-order valence-corrected chi connectivity index (χ4v) is 3.70. The van der Waals surface area contributed by atoms with Gasteiger partial charge in [0, 0.05) is 50.0 Å². The quantitative estimate of drug-likeness (QED) is 0.735. The van der Waals surface area contributed by atoms with E-state index in [1.807, 2.05) is 53.2 Å². The van der Waals surface area contributed by atoms with Crippen molar-refractivity contribution in [2.45, 2.75) is 25.4 Å². The summed E-state index contributed by atoms with van der Waals surface area (Å²) in [5.41, 5.74) is 3.08. The molecule has 0 spiro atoms. The van der Waals surface area contributed by atoms with E-state index in [1.165, 1.54) is 5.69 Å². The van der Waals surface area contributed by atoms with Crippen LogP contribution in [-0.2, 0) is 13.6 Å². The van der Waals surface area contributed by atoms with Gasteiger partial charge in [0.15, 0.2) is 0 Å². The SMILES string of the molecule is Cn1cccc1[C@@H]1CCCN1C(=O)c1cccc(Cn2ccnc2)c1. The second-order valence-electron chi connectivity index (χ2n) is 6.64. The van der Waals surface area contributed by atoms with Gasteiger partial charge in [-0.1, -0.05) is 12.1 Å². The molecule has 0 N–H and O–H groups in total. The molecule has 1 aliphatic rings. The minimum atomic E-state index is 0.121. The Kier molecular flexibility index (Phi) is 4.14. The average Bonchev–Trinajstić information content (AvgIpc) is 3.35. The molecular formula is C20H22N4O. The van der Waals surface area contributed by atoms with Gasteiger partial charge in [-0.25, -0.2) is 4.98 Å². The number of aryl methyl sites for hydroxylation is 1. The molecule has 5 heteroatoms. The van der Waals surface area contributed by atoms with E-state index in [4.69, 9.17) is 0 Å². The molecule has 0 saturated carbocycles. The van der Waals surface area contributed by atoms with Gasteiger partial charge in [-0.15, -0.1) is 0 Å². The third-order valence-corrected chi connectivity index (χ3v) is 4.94. The third kappa shape index (κ3) is 3.09. The molecule has 0 unspecified atom stereocenters. The summed E-state index contributed by atoms with van der Waals surface area (Å²) in [6.07, 6.45) is 9.61. The number of carbonyl (C=O) groups is 1. The van der Waals surface area contributed by atoms with Crippen LogP contribution in [-0.4, -0.2) is 31.5 Å². The lowest BCUT2D eigenvalue weighted by atomic mass is 10.1. The maximum Gasteiger partial charge on any atom is 0.254 e. The van der Waals surface area contributed by atoms with Crippen LogP contribution in [0.2, 0.25) is 0 Å². The first-order valence-corrected chi connectivity index (χ1v) is 8.69. The van der Waals surface area contributed by atoms with Crippen molar-refractivity contribution in [2.75, 3.05) is 6.54 Å². The summed E-state index contributed by atoms with van der Waals surface area (Å²) in [7, 11) is 2.04. The number of hydrogen-bond acceptors (Lipinski definition) is 2. The van der Waals surface area contributed by atoms with E-state index in [-0.39, 0.29) is 11.9 Å². The number of rotatable bonds is 4. The highest BCUT2D eigenvalue weighted by Gasteiger charge is 2.31. The van der Waals surface area contributed by atoms with Gasteiger partial charge in [0.25, 0.3) is 5.91 Å². The van der Waals surface area contributed by atoms with Crippen LogP contribution < -0.4 is 0 Å². The van der Waals surface area contributed by atoms with Crippen LogP contribution >= 0.6 is 0 Å². The van der Waals surface area contributed by atoms with Crippen molar-refractivity contribution >= 4 is 5.91 Å². The van der Waals surface area contributed by atoms with Gasteiger partial charge in [0.05, 0.1) is 12.4 Å². The van der Waals surface area contributed by atoms with Crippen LogP contribution in [0.25, 0.3) is 0 Å². The van der Waals surface area contributed by atoms with Gasteiger partial charge in [0.1, 0.15) is 0 Å². The summed E-state index contributed by atoms with van der Waals surface area (Å²) >= 11 is 0. The molecule has 128 valence electrons. The van der Waals surface area contributed by atoms with E-state index in [0.717, 1.165) is 37.1 Å². The lowest BCUT2D eigenvalue weighted by Crippen LogP contribution is -2.31. The van der Waals surface area contributed by atoms with Gasteiger partial charge in [-0.05, 0) is 42.7 Å². The van der Waals surface area contributed by atoms with E-state index < -0.39 is 0 Å². The zero-order valence-electron chi connectivity index (χ0n) is 14.4. The predicted octanol–water partition coefficient (Wildman–Crippen LogP) is 3.25. The van der Waals surface area contributed by atoms with E-state index >= 15 is 0 Å². The lowest BCUT2D eigenvalue weighted by molar-refractivity contribution is 0.0731. The second-order valence-corrected chi connectivity index (χ2v) is 6.64. The fraction of sp³-hybridized carbons (Fsp3) is 0.300. The summed E-state index contributed by atoms with van der Waals surface area (Å²) in [5.74, 6) is 0.121. The number of benzene rings is 1. The standard InChI is InChI=1S/C20H22N4O/c1-22-10-3-7-18(22)19-8-4-11-24(19)20(25)17-6-2-5-16(13-17)14-23-12-9-21-15-23/h2-3,5-7,9-10,12-13,15,19H,4,8,11,14H2,1H3/t19-/m0/s1. The third-order valence-electron chi connectivity index (χ3n) is 4.94. The van der Waals surface area contributed by atoms with Crippen LogP contribution in [0.3, 0.4) is 0 Å². The molecule has 1 saturated heterocycles. The number of carbonyl (C=O) groups excluding carboxylic acids is 1. The summed E-state index contributed by atoms with van der Waals surface area (Å²) in [6, 6.07) is 12.3. The highest BCUT2D eigenvalue weighted by atomic mass is 16.2. The van der Waals surface area contributed by atoms with Crippen molar-refractivity contribution in [2.24, 2.45) is 7.05 Å². The number of hydrogen-bond donors (Lipinski definition) is 0. The minimum absolute atomic E-state index is 0.121. The first kappa shape index (κ1) is 15.7. The van der Waals surface area contributed by atoms with E-state index in [1.54, 1.807) is 12.5 Å². The van der Waals surface area contributed by atoms with Gasteiger partial charge >= 0.3 is 0 Å². The Hall–Kier alpha value is -2.82. The number of nitrogens with zero attached hydrogens (tertiary/aromatic N) is 4. The molecular weight excluding hydrogens is 312 g/mol. The molecule has 2 aromatic heterocycles. The lowest BCUT2D eigenvalue weighted by Gasteiger charge is -2.25. The van der Waals surface area contributed by atoms with Crippen LogP contribution in [0.1, 0.15) is 40.5 Å². The van der Waals surface area contributed by atoms with Crippen LogP contribution in [0.5, 0.6) is 0 Å². The zero-order chi connectivity index (χ0) is 17.2. The Morgan fingerprint density at radius 3 is 2.92 bits per heavy atom. The highest BCUT2D eigenvalue weighted by Crippen LogP contribution is 2.33. The summed E-state index contributed by atoms with van der Waals surface area (Å²) in [6.45, 7) is 1.54. The van der Waals surface area contributed by atoms with Gasteiger partial charge in [-0.3, -0.25) is 4.79 Å². The molecule has 3 heterocycles. The normalized spacial score (nSPS) is 17.2. The maximum atomic E-state index is 13.1. The second kappa shape index (κ2) is 6.59. The molecule has 25 heavy (non-hydrogen) atoms. The van der Waals surface area contributed by atoms with Crippen LogP contribution in [0, 0.1) is 0 Å². The van der Waals surface area contributed by atoms with Crippen molar-refractivity contribution < 1.29 is 4.79 Å². The smallest absolute Gasteiger partial charge is 0.254 e. The van der Waals surface area contributed by atoms with E-state index in [9.17, 15) is 4.79 Å². The topological polar surface area (TPSA) is 43.1 Å². The molecule has 1 atom stereocenters. The van der Waals surface area contributed by atoms with E-state index in [0.29, 0.717) is 0 Å². The number of aromatic nitrogens is 3. The zero-order valence-corrected chi connectivity index (χ0v) is 14.4. The monoisotopic (exact) mass is 334 g/mol. The number of imidazole rings is 1. The van der Waals surface area contributed by atoms with Crippen molar-refractivity contribution in [3.63, 3.8) is 0 Å².